The summed E-state index contributed by atoms with van der Waals surface area (Å²) in [5.74, 6) is 0.703. The lowest BCUT2D eigenvalue weighted by Crippen LogP contribution is -2.19. The quantitative estimate of drug-likeness (QED) is 0.223. The molecule has 0 saturated heterocycles. The highest BCUT2D eigenvalue weighted by Gasteiger charge is 2.19. The Labute approximate surface area is 185 Å². The van der Waals surface area contributed by atoms with Crippen molar-refractivity contribution in [1.29, 1.82) is 0 Å². The van der Waals surface area contributed by atoms with E-state index in [1.54, 1.807) is 14.0 Å². The molecular formula is C23H26N4O5. The van der Waals surface area contributed by atoms with E-state index in [2.05, 4.69) is 10.1 Å². The molecule has 1 heterocycles. The summed E-state index contributed by atoms with van der Waals surface area (Å²) in [6.45, 7) is 5.55. The number of nitro benzene ring substituents is 1. The van der Waals surface area contributed by atoms with Gasteiger partial charge in [0.15, 0.2) is 0 Å². The first-order valence-electron chi connectivity index (χ1n) is 10.3. The highest BCUT2D eigenvalue weighted by Crippen LogP contribution is 2.24. The molecule has 3 rings (SSSR count). The van der Waals surface area contributed by atoms with Crippen molar-refractivity contribution in [2.24, 2.45) is 4.99 Å². The van der Waals surface area contributed by atoms with E-state index in [9.17, 15) is 14.9 Å². The van der Waals surface area contributed by atoms with Crippen LogP contribution in [0.3, 0.4) is 0 Å². The topological polar surface area (TPSA) is 112 Å². The predicted molar refractivity (Wildman–Crippen MR) is 123 cm³/mol. The van der Waals surface area contributed by atoms with E-state index in [0.29, 0.717) is 48.2 Å². The summed E-state index contributed by atoms with van der Waals surface area (Å²) in [6.07, 6.45) is 0.754. The zero-order valence-corrected chi connectivity index (χ0v) is 18.3. The van der Waals surface area contributed by atoms with Crippen molar-refractivity contribution in [3.05, 3.63) is 74.6 Å². The van der Waals surface area contributed by atoms with E-state index < -0.39 is 4.92 Å². The number of nitrogens with zero attached hydrogens (tertiary/aromatic N) is 3. The van der Waals surface area contributed by atoms with Crippen LogP contribution in [0.1, 0.15) is 25.8 Å². The zero-order valence-electron chi connectivity index (χ0n) is 18.3. The predicted octanol–water partition coefficient (Wildman–Crippen LogP) is 3.99. The van der Waals surface area contributed by atoms with E-state index in [0.717, 1.165) is 12.0 Å². The van der Waals surface area contributed by atoms with Gasteiger partial charge in [0, 0.05) is 43.2 Å². The molecule has 9 nitrogen and oxygen atoms in total. The lowest BCUT2D eigenvalue weighted by molar-refractivity contribution is -0.384. The van der Waals surface area contributed by atoms with Crippen LogP contribution in [-0.4, -0.2) is 47.3 Å². The van der Waals surface area contributed by atoms with Gasteiger partial charge in [0.25, 0.3) is 11.2 Å². The van der Waals surface area contributed by atoms with Crippen LogP contribution in [0.25, 0.3) is 16.9 Å². The van der Waals surface area contributed by atoms with Gasteiger partial charge < -0.3 is 9.47 Å². The molecule has 1 aromatic heterocycles. The molecule has 0 aliphatic heterocycles. The fraction of sp³-hybridized carbons (Fsp3) is 0.304. The molecule has 0 atom stereocenters. The van der Waals surface area contributed by atoms with E-state index in [1.807, 2.05) is 31.2 Å². The van der Waals surface area contributed by atoms with Gasteiger partial charge in [-0.05, 0) is 56.7 Å². The van der Waals surface area contributed by atoms with E-state index in [-0.39, 0.29) is 11.2 Å². The van der Waals surface area contributed by atoms with Crippen molar-refractivity contribution in [2.75, 3.05) is 26.9 Å². The molecule has 2 aromatic carbocycles. The molecule has 0 saturated carbocycles. The number of hydrogen-bond donors (Lipinski definition) is 1. The molecule has 0 amide bonds. The standard InChI is InChI=1S/C23H26N4O5/c1-4-32-15-5-14-24-16(2)21-22(17-6-12-20(31-3)13-7-17)25-26(23(21)28)18-8-10-19(11-9-18)27(29)30/h6-13,25H,4-5,14-15H2,1-3H3. The maximum atomic E-state index is 13.3. The number of non-ortho nitro benzene ring substituents is 1. The Morgan fingerprint density at radius 1 is 1.16 bits per heavy atom. The van der Waals surface area contributed by atoms with Gasteiger partial charge in [-0.25, -0.2) is 4.68 Å². The second-order valence-corrected chi connectivity index (χ2v) is 7.02. The Bertz CT molecular complexity index is 1140. The average Bonchev–Trinajstić information content (AvgIpc) is 3.16. The van der Waals surface area contributed by atoms with E-state index >= 15 is 0 Å². The molecule has 0 aliphatic carbocycles. The third-order valence-electron chi connectivity index (χ3n) is 4.95. The van der Waals surface area contributed by atoms with Crippen LogP contribution >= 0.6 is 0 Å². The molecule has 0 unspecified atom stereocenters. The van der Waals surface area contributed by atoms with Gasteiger partial charge in [0.05, 0.1) is 29.0 Å². The van der Waals surface area contributed by atoms with E-state index in [4.69, 9.17) is 9.47 Å². The van der Waals surface area contributed by atoms with Crippen LogP contribution in [0, 0.1) is 10.1 Å². The monoisotopic (exact) mass is 438 g/mol. The van der Waals surface area contributed by atoms with Gasteiger partial charge in [-0.3, -0.25) is 25.0 Å². The highest BCUT2D eigenvalue weighted by atomic mass is 16.6. The molecule has 3 aromatic rings. The maximum absolute atomic E-state index is 13.3. The normalized spacial score (nSPS) is 11.5. The summed E-state index contributed by atoms with van der Waals surface area (Å²) in [5.41, 5.74) is 2.63. The third kappa shape index (κ3) is 5.12. The smallest absolute Gasteiger partial charge is 0.280 e. The van der Waals surface area contributed by atoms with Crippen molar-refractivity contribution in [3.8, 4) is 22.7 Å². The van der Waals surface area contributed by atoms with Gasteiger partial charge in [-0.2, -0.15) is 0 Å². The Hall–Kier alpha value is -3.72. The number of H-pyrrole nitrogens is 1. The number of aromatic nitrogens is 2. The number of rotatable bonds is 10. The van der Waals surface area contributed by atoms with E-state index in [1.165, 1.54) is 28.9 Å². The lowest BCUT2D eigenvalue weighted by atomic mass is 10.0. The number of hydrogen-bond acceptors (Lipinski definition) is 6. The van der Waals surface area contributed by atoms with Crippen LogP contribution in [0.5, 0.6) is 5.75 Å². The lowest BCUT2D eigenvalue weighted by Gasteiger charge is -2.05. The minimum absolute atomic E-state index is 0.0454. The number of methoxy groups -OCH3 is 1. The number of ether oxygens (including phenoxy) is 2. The molecule has 9 heteroatoms. The molecular weight excluding hydrogens is 412 g/mol. The summed E-state index contributed by atoms with van der Waals surface area (Å²) in [7, 11) is 1.59. The minimum atomic E-state index is -0.478. The van der Waals surface area contributed by atoms with Crippen molar-refractivity contribution in [3.63, 3.8) is 0 Å². The summed E-state index contributed by atoms with van der Waals surface area (Å²) in [6, 6.07) is 13.1. The fourth-order valence-corrected chi connectivity index (χ4v) is 3.28. The van der Waals surface area contributed by atoms with Crippen molar-refractivity contribution < 1.29 is 14.4 Å². The molecule has 0 spiro atoms. The highest BCUT2D eigenvalue weighted by molar-refractivity contribution is 6.03. The Kier molecular flexibility index (Phi) is 7.56. The first kappa shape index (κ1) is 23.0. The van der Waals surface area contributed by atoms with Gasteiger partial charge in [0.2, 0.25) is 0 Å². The Balaban J connectivity index is 2.05. The van der Waals surface area contributed by atoms with Crippen LogP contribution < -0.4 is 10.3 Å². The molecule has 1 N–H and O–H groups in total. The third-order valence-corrected chi connectivity index (χ3v) is 4.95. The van der Waals surface area contributed by atoms with Crippen LogP contribution in [0.2, 0.25) is 0 Å². The second-order valence-electron chi connectivity index (χ2n) is 7.02. The van der Waals surface area contributed by atoms with Crippen molar-refractivity contribution in [1.82, 2.24) is 9.78 Å². The van der Waals surface area contributed by atoms with Crippen molar-refractivity contribution in [2.45, 2.75) is 20.3 Å². The number of aliphatic imine (C=N–C) groups is 1. The maximum Gasteiger partial charge on any atom is 0.280 e. The van der Waals surface area contributed by atoms with Gasteiger partial charge >= 0.3 is 0 Å². The molecule has 0 radical (unpaired) electrons. The summed E-state index contributed by atoms with van der Waals surface area (Å²) >= 11 is 0. The van der Waals surface area contributed by atoms with Gasteiger partial charge in [-0.1, -0.05) is 0 Å². The number of nitro groups is 1. The van der Waals surface area contributed by atoms with Gasteiger partial charge in [-0.15, -0.1) is 0 Å². The molecule has 32 heavy (non-hydrogen) atoms. The molecule has 168 valence electrons. The average molecular weight is 438 g/mol. The van der Waals surface area contributed by atoms with Crippen LogP contribution in [-0.2, 0) is 4.74 Å². The number of nitrogens with one attached hydrogen (secondary N) is 1. The summed E-state index contributed by atoms with van der Waals surface area (Å²) in [4.78, 5) is 28.4. The van der Waals surface area contributed by atoms with Gasteiger partial charge in [0.1, 0.15) is 5.75 Å². The number of benzene rings is 2. The molecule has 0 bridgehead atoms. The zero-order chi connectivity index (χ0) is 23.1. The Morgan fingerprint density at radius 3 is 2.44 bits per heavy atom. The summed E-state index contributed by atoms with van der Waals surface area (Å²) in [5, 5.41) is 14.1. The van der Waals surface area contributed by atoms with Crippen LogP contribution in [0.4, 0.5) is 5.69 Å². The SMILES string of the molecule is CCOCCCN=C(C)c1c(-c2ccc(OC)cc2)[nH]n(-c2ccc([N+](=O)[O-])cc2)c1=O. The van der Waals surface area contributed by atoms with Crippen molar-refractivity contribution >= 4 is 11.4 Å². The fourth-order valence-electron chi connectivity index (χ4n) is 3.28. The number of aromatic amines is 1. The van der Waals surface area contributed by atoms with Crippen LogP contribution in [0.15, 0.2) is 58.3 Å². The minimum Gasteiger partial charge on any atom is -0.497 e. The first-order valence-corrected chi connectivity index (χ1v) is 10.3. The largest absolute Gasteiger partial charge is 0.497 e. The molecule has 0 fully saturated rings. The first-order chi connectivity index (χ1) is 15.5. The summed E-state index contributed by atoms with van der Waals surface area (Å²) < 4.78 is 11.9. The Morgan fingerprint density at radius 2 is 1.84 bits per heavy atom. The second kappa shape index (κ2) is 10.5. The molecule has 0 aliphatic rings.